The number of hydrogen-bond donors (Lipinski definition) is 2. The minimum Gasteiger partial charge on any atom is -0.465 e. The van der Waals surface area contributed by atoms with E-state index in [4.69, 9.17) is 5.11 Å². The lowest BCUT2D eigenvalue weighted by molar-refractivity contribution is 0.0480. The predicted molar refractivity (Wildman–Crippen MR) is 55.8 cm³/mol. The first kappa shape index (κ1) is 12.2. The number of carbonyl (C=O) groups is 1. The molecule has 0 spiro atoms. The van der Waals surface area contributed by atoms with Crippen molar-refractivity contribution >= 4 is 6.09 Å². The number of carboxylic acid groups (broad SMARTS) is 1. The Morgan fingerprint density at radius 2 is 2.07 bits per heavy atom. The van der Waals surface area contributed by atoms with Gasteiger partial charge in [0.1, 0.15) is 6.17 Å². The predicted octanol–water partition coefficient (Wildman–Crippen LogP) is 1.46. The molecule has 0 aliphatic carbocycles. The standard InChI is InChI=1S/C10H19FN2O2/c1-10(2,3)13(9(14)15)8-4-7(11)5-12-6-8/h7-8,12H,4-6H2,1-3H3,(H,14,15)/t7-,8+/m1/s1. The van der Waals surface area contributed by atoms with Gasteiger partial charge in [0, 0.05) is 25.0 Å². The van der Waals surface area contributed by atoms with Gasteiger partial charge in [0.25, 0.3) is 0 Å². The molecule has 1 aliphatic rings. The SMILES string of the molecule is CC(C)(C)N(C(=O)O)[C@@H]1CNC[C@H](F)C1. The highest BCUT2D eigenvalue weighted by Crippen LogP contribution is 2.22. The molecule has 0 aromatic carbocycles. The third kappa shape index (κ3) is 3.06. The fourth-order valence-corrected chi connectivity index (χ4v) is 2.06. The van der Waals surface area contributed by atoms with Crippen molar-refractivity contribution in [1.29, 1.82) is 0 Å². The molecule has 1 heterocycles. The molecule has 1 saturated heterocycles. The summed E-state index contributed by atoms with van der Waals surface area (Å²) in [5.74, 6) is 0. The van der Waals surface area contributed by atoms with Gasteiger partial charge in [0.2, 0.25) is 0 Å². The van der Waals surface area contributed by atoms with Crippen LogP contribution in [-0.2, 0) is 0 Å². The summed E-state index contributed by atoms with van der Waals surface area (Å²) in [6.45, 7) is 6.33. The number of piperidine rings is 1. The minimum atomic E-state index is -0.983. The van der Waals surface area contributed by atoms with Crippen LogP contribution < -0.4 is 5.32 Å². The van der Waals surface area contributed by atoms with E-state index in [0.29, 0.717) is 13.1 Å². The van der Waals surface area contributed by atoms with Crippen LogP contribution in [0.1, 0.15) is 27.2 Å². The van der Waals surface area contributed by atoms with E-state index in [9.17, 15) is 9.18 Å². The molecule has 5 heteroatoms. The van der Waals surface area contributed by atoms with Gasteiger partial charge in [0.15, 0.2) is 0 Å². The highest BCUT2D eigenvalue weighted by atomic mass is 19.1. The van der Waals surface area contributed by atoms with E-state index < -0.39 is 17.8 Å². The van der Waals surface area contributed by atoms with Crippen LogP contribution in [0.25, 0.3) is 0 Å². The van der Waals surface area contributed by atoms with Crippen LogP contribution in [0.2, 0.25) is 0 Å². The lowest BCUT2D eigenvalue weighted by Crippen LogP contribution is -2.57. The molecule has 1 rings (SSSR count). The van der Waals surface area contributed by atoms with Crippen molar-refractivity contribution in [3.05, 3.63) is 0 Å². The molecule has 2 atom stereocenters. The number of halogens is 1. The van der Waals surface area contributed by atoms with E-state index in [0.717, 1.165) is 0 Å². The van der Waals surface area contributed by atoms with Crippen LogP contribution >= 0.6 is 0 Å². The fraction of sp³-hybridized carbons (Fsp3) is 0.900. The van der Waals surface area contributed by atoms with Crippen molar-refractivity contribution < 1.29 is 14.3 Å². The number of hydrogen-bond acceptors (Lipinski definition) is 2. The van der Waals surface area contributed by atoms with Crippen molar-refractivity contribution in [3.63, 3.8) is 0 Å². The summed E-state index contributed by atoms with van der Waals surface area (Å²) in [6.07, 6.45) is -1.65. The van der Waals surface area contributed by atoms with Crippen LogP contribution in [0.15, 0.2) is 0 Å². The Balaban J connectivity index is 2.76. The summed E-state index contributed by atoms with van der Waals surface area (Å²) in [6, 6.07) is -0.272. The summed E-state index contributed by atoms with van der Waals surface area (Å²) < 4.78 is 13.2. The lowest BCUT2D eigenvalue weighted by atomic mass is 9.98. The molecule has 2 N–H and O–H groups in total. The molecule has 0 aromatic heterocycles. The van der Waals surface area contributed by atoms with Crippen molar-refractivity contribution in [3.8, 4) is 0 Å². The van der Waals surface area contributed by atoms with E-state index in [1.165, 1.54) is 4.90 Å². The molecule has 88 valence electrons. The monoisotopic (exact) mass is 218 g/mol. The third-order valence-electron chi connectivity index (χ3n) is 2.57. The third-order valence-corrected chi connectivity index (χ3v) is 2.57. The van der Waals surface area contributed by atoms with Crippen molar-refractivity contribution in [2.24, 2.45) is 0 Å². The number of rotatable bonds is 1. The van der Waals surface area contributed by atoms with Gasteiger partial charge in [-0.3, -0.25) is 4.90 Å². The second-order valence-electron chi connectivity index (χ2n) is 4.97. The van der Waals surface area contributed by atoms with Gasteiger partial charge < -0.3 is 10.4 Å². The molecule has 0 aromatic rings. The zero-order valence-electron chi connectivity index (χ0n) is 9.46. The molecule has 15 heavy (non-hydrogen) atoms. The lowest BCUT2D eigenvalue weighted by Gasteiger charge is -2.42. The van der Waals surface area contributed by atoms with Crippen molar-refractivity contribution in [2.45, 2.75) is 44.9 Å². The van der Waals surface area contributed by atoms with E-state index in [2.05, 4.69) is 5.32 Å². The van der Waals surface area contributed by atoms with Gasteiger partial charge in [0.05, 0.1) is 6.04 Å². The highest BCUT2D eigenvalue weighted by molar-refractivity contribution is 5.66. The van der Waals surface area contributed by atoms with Crippen LogP contribution in [0, 0.1) is 0 Å². The van der Waals surface area contributed by atoms with Gasteiger partial charge in [-0.15, -0.1) is 0 Å². The minimum absolute atomic E-state index is 0.272. The van der Waals surface area contributed by atoms with Gasteiger partial charge in [-0.1, -0.05) is 0 Å². The molecular weight excluding hydrogens is 199 g/mol. The molecule has 1 amide bonds. The Morgan fingerprint density at radius 1 is 1.47 bits per heavy atom. The quantitative estimate of drug-likeness (QED) is 0.700. The second-order valence-corrected chi connectivity index (χ2v) is 4.97. The zero-order chi connectivity index (χ0) is 11.6. The summed E-state index contributed by atoms with van der Waals surface area (Å²) in [4.78, 5) is 12.5. The van der Waals surface area contributed by atoms with Gasteiger partial charge in [-0.25, -0.2) is 9.18 Å². The normalized spacial score (nSPS) is 27.5. The Hall–Kier alpha value is -0.840. The summed E-state index contributed by atoms with van der Waals surface area (Å²) in [7, 11) is 0. The number of nitrogens with one attached hydrogen (secondary N) is 1. The fourth-order valence-electron chi connectivity index (χ4n) is 2.06. The maximum Gasteiger partial charge on any atom is 0.408 e. The van der Waals surface area contributed by atoms with Crippen LogP contribution in [-0.4, -0.2) is 46.9 Å². The smallest absolute Gasteiger partial charge is 0.408 e. The Labute approximate surface area is 89.4 Å². The molecule has 1 aliphatic heterocycles. The highest BCUT2D eigenvalue weighted by Gasteiger charge is 2.36. The Kier molecular flexibility index (Phi) is 3.54. The zero-order valence-corrected chi connectivity index (χ0v) is 9.46. The van der Waals surface area contributed by atoms with Gasteiger partial charge in [-0.2, -0.15) is 0 Å². The first-order chi connectivity index (χ1) is 6.82. The van der Waals surface area contributed by atoms with E-state index >= 15 is 0 Å². The van der Waals surface area contributed by atoms with Gasteiger partial charge in [-0.05, 0) is 20.8 Å². The van der Waals surface area contributed by atoms with E-state index in [1.807, 2.05) is 20.8 Å². The second kappa shape index (κ2) is 4.35. The summed E-state index contributed by atoms with van der Waals surface area (Å²) >= 11 is 0. The maximum absolute atomic E-state index is 13.2. The number of alkyl halides is 1. The van der Waals surface area contributed by atoms with Crippen molar-refractivity contribution in [1.82, 2.24) is 10.2 Å². The molecule has 0 radical (unpaired) electrons. The molecule has 4 nitrogen and oxygen atoms in total. The Morgan fingerprint density at radius 3 is 2.47 bits per heavy atom. The molecule has 0 saturated carbocycles. The molecule has 1 fully saturated rings. The maximum atomic E-state index is 13.2. The van der Waals surface area contributed by atoms with E-state index in [1.54, 1.807) is 0 Å². The van der Waals surface area contributed by atoms with Crippen LogP contribution in [0.4, 0.5) is 9.18 Å². The summed E-state index contributed by atoms with van der Waals surface area (Å²) in [5, 5.41) is 12.0. The average molecular weight is 218 g/mol. The van der Waals surface area contributed by atoms with Gasteiger partial charge >= 0.3 is 6.09 Å². The molecule has 0 unspecified atom stereocenters. The number of amides is 1. The van der Waals surface area contributed by atoms with Crippen LogP contribution in [0.3, 0.4) is 0 Å². The first-order valence-electron chi connectivity index (χ1n) is 5.19. The number of nitrogens with zero attached hydrogens (tertiary/aromatic N) is 1. The molecule has 0 bridgehead atoms. The van der Waals surface area contributed by atoms with Crippen molar-refractivity contribution in [2.75, 3.05) is 13.1 Å². The first-order valence-corrected chi connectivity index (χ1v) is 5.19. The Bertz CT molecular complexity index is 240. The van der Waals surface area contributed by atoms with E-state index in [-0.39, 0.29) is 12.5 Å². The summed E-state index contributed by atoms with van der Waals surface area (Å²) in [5.41, 5.74) is -0.491. The average Bonchev–Trinajstić information content (AvgIpc) is 1.99. The largest absolute Gasteiger partial charge is 0.465 e. The molecular formula is C10H19FN2O2. The van der Waals surface area contributed by atoms with Crippen LogP contribution in [0.5, 0.6) is 0 Å². The topological polar surface area (TPSA) is 52.6 Å².